The zero-order valence-electron chi connectivity index (χ0n) is 22.0. The molecule has 210 valence electrons. The molecule has 1 unspecified atom stereocenters. The molecule has 0 radical (unpaired) electrons. The van der Waals surface area contributed by atoms with E-state index in [1.807, 2.05) is 7.05 Å². The topological polar surface area (TPSA) is 114 Å². The molecule has 2 aliphatic heterocycles. The number of alkyl halides is 3. The summed E-state index contributed by atoms with van der Waals surface area (Å²) in [5.74, 6) is -0.994. The molecule has 5 rings (SSSR count). The van der Waals surface area contributed by atoms with Crippen LogP contribution >= 0.6 is 0 Å². The van der Waals surface area contributed by atoms with Crippen LogP contribution in [-0.2, 0) is 6.18 Å². The normalized spacial score (nSPS) is 22.6. The number of nitrogens with zero attached hydrogens (tertiary/aromatic N) is 6. The number of β-amino-alcohol motifs (C(OH)–C–C–N with tert-alkyl or cyclic N) is 1. The summed E-state index contributed by atoms with van der Waals surface area (Å²) >= 11 is 0. The minimum atomic E-state index is -4.82. The molecule has 0 saturated carbocycles. The number of likely N-dealkylation sites (N-methyl/N-ethyl adjacent to an activating group) is 1. The number of aromatic nitrogens is 4. The molecule has 0 spiro atoms. The number of nitrogen functional groups attached to an aromatic ring is 1. The lowest BCUT2D eigenvalue weighted by atomic mass is 9.95. The average molecular weight is 550 g/mol. The van der Waals surface area contributed by atoms with Crippen LogP contribution in [0.1, 0.15) is 43.7 Å². The molecule has 13 heteroatoms. The van der Waals surface area contributed by atoms with Crippen LogP contribution in [0.15, 0.2) is 12.3 Å². The number of pyridine rings is 2. The first-order valence-electron chi connectivity index (χ1n) is 12.9. The quantitative estimate of drug-likeness (QED) is 0.457. The Bertz CT molecular complexity index is 1400. The van der Waals surface area contributed by atoms with Crippen molar-refractivity contribution in [2.24, 2.45) is 0 Å². The Labute approximate surface area is 223 Å². The summed E-state index contributed by atoms with van der Waals surface area (Å²) in [4.78, 5) is 20.7. The fourth-order valence-electron chi connectivity index (χ4n) is 5.48. The molecule has 5 heterocycles. The number of halogens is 4. The molecule has 2 atom stereocenters. The summed E-state index contributed by atoms with van der Waals surface area (Å²) < 4.78 is 64.0. The van der Waals surface area contributed by atoms with Crippen LogP contribution < -0.4 is 15.4 Å². The third-order valence-electron chi connectivity index (χ3n) is 7.44. The van der Waals surface area contributed by atoms with E-state index in [1.54, 1.807) is 11.8 Å². The smallest absolute Gasteiger partial charge is 0.418 e. The summed E-state index contributed by atoms with van der Waals surface area (Å²) in [7, 11) is 1.99. The van der Waals surface area contributed by atoms with Crippen LogP contribution in [0.25, 0.3) is 22.3 Å². The van der Waals surface area contributed by atoms with Crippen LogP contribution in [0.3, 0.4) is 0 Å². The molecule has 2 aliphatic rings. The van der Waals surface area contributed by atoms with E-state index in [2.05, 4.69) is 24.8 Å². The van der Waals surface area contributed by atoms with Gasteiger partial charge < -0.3 is 25.4 Å². The molecule has 3 aromatic heterocycles. The number of aryl methyl sites for hydroxylation is 1. The van der Waals surface area contributed by atoms with Gasteiger partial charge in [-0.3, -0.25) is 4.98 Å². The van der Waals surface area contributed by atoms with Crippen molar-refractivity contribution in [1.82, 2.24) is 24.8 Å². The Kier molecular flexibility index (Phi) is 7.00. The lowest BCUT2D eigenvalue weighted by Crippen LogP contribution is -2.46. The van der Waals surface area contributed by atoms with Crippen LogP contribution in [-0.4, -0.2) is 74.9 Å². The number of aliphatic hydroxyl groups is 1. The van der Waals surface area contributed by atoms with Gasteiger partial charge in [0.1, 0.15) is 35.1 Å². The second kappa shape index (κ2) is 10.0. The van der Waals surface area contributed by atoms with E-state index < -0.39 is 34.5 Å². The van der Waals surface area contributed by atoms with Gasteiger partial charge in [0.25, 0.3) is 0 Å². The number of rotatable bonds is 5. The van der Waals surface area contributed by atoms with Crippen molar-refractivity contribution in [3.05, 3.63) is 29.2 Å². The molecule has 0 amide bonds. The third-order valence-corrected chi connectivity index (χ3v) is 7.44. The lowest BCUT2D eigenvalue weighted by Gasteiger charge is -2.37. The maximum atomic E-state index is 16.1. The van der Waals surface area contributed by atoms with E-state index in [0.717, 1.165) is 25.5 Å². The molecular weight excluding hydrogens is 518 g/mol. The zero-order chi connectivity index (χ0) is 28.1. The Balaban J connectivity index is 1.66. The predicted octanol–water partition coefficient (Wildman–Crippen LogP) is 3.96. The van der Waals surface area contributed by atoms with Gasteiger partial charge in [0, 0.05) is 25.3 Å². The van der Waals surface area contributed by atoms with Gasteiger partial charge in [-0.25, -0.2) is 9.37 Å². The van der Waals surface area contributed by atoms with E-state index in [-0.39, 0.29) is 47.5 Å². The number of nitrogens with two attached hydrogens (primary N) is 1. The van der Waals surface area contributed by atoms with E-state index >= 15 is 4.39 Å². The first kappa shape index (κ1) is 27.3. The summed E-state index contributed by atoms with van der Waals surface area (Å²) in [5, 5.41) is 10.9. The van der Waals surface area contributed by atoms with Crippen molar-refractivity contribution in [3.63, 3.8) is 0 Å². The average Bonchev–Trinajstić information content (AvgIpc) is 3.25. The molecule has 3 N–H and O–H groups in total. The van der Waals surface area contributed by atoms with Gasteiger partial charge in [0.2, 0.25) is 0 Å². The third kappa shape index (κ3) is 5.42. The number of fused-ring (bicyclic) bond motifs is 1. The zero-order valence-corrected chi connectivity index (χ0v) is 22.0. The number of ether oxygens (including phenoxy) is 1. The molecule has 39 heavy (non-hydrogen) atoms. The first-order valence-corrected chi connectivity index (χ1v) is 12.9. The molecule has 9 nitrogen and oxygen atoms in total. The number of piperidine rings is 1. The Hall–Kier alpha value is -3.32. The van der Waals surface area contributed by atoms with Crippen LogP contribution in [0.5, 0.6) is 6.01 Å². The molecular formula is C26H31F4N7O2. The van der Waals surface area contributed by atoms with Crippen molar-refractivity contribution in [2.45, 2.75) is 57.3 Å². The van der Waals surface area contributed by atoms with E-state index in [0.29, 0.717) is 25.2 Å². The first-order chi connectivity index (χ1) is 18.3. The summed E-state index contributed by atoms with van der Waals surface area (Å²) in [6.45, 7) is 4.90. The minimum absolute atomic E-state index is 0.105. The van der Waals surface area contributed by atoms with Gasteiger partial charge in [-0.05, 0) is 64.8 Å². The number of hydrogen-bond acceptors (Lipinski definition) is 9. The maximum absolute atomic E-state index is 16.1. The number of hydrogen-bond donors (Lipinski definition) is 2. The highest BCUT2D eigenvalue weighted by Gasteiger charge is 2.38. The Morgan fingerprint density at radius 1 is 1.18 bits per heavy atom. The standard InChI is InChI=1S/C26H31F4N7O2/c1-14-10-17(31)33-21(18(14)26(28,29)30)22-19(27)20-16(11-32-22)23(37-9-5-7-25(2,38)13-37)35-24(34-20)39-12-15-6-4-8-36(15)3/h10-11,15,38H,4-9,12-13H2,1-3H3,(H2,31,33)/t15?,25-/m1/s1. The van der Waals surface area contributed by atoms with Crippen molar-refractivity contribution < 1.29 is 27.4 Å². The molecule has 3 aromatic rings. The molecule has 0 aromatic carbocycles. The maximum Gasteiger partial charge on any atom is 0.418 e. The van der Waals surface area contributed by atoms with E-state index in [9.17, 15) is 18.3 Å². The van der Waals surface area contributed by atoms with Gasteiger partial charge >= 0.3 is 12.2 Å². The number of anilines is 2. The van der Waals surface area contributed by atoms with Gasteiger partial charge in [0.15, 0.2) is 5.82 Å². The second-order valence-corrected chi connectivity index (χ2v) is 10.7. The predicted molar refractivity (Wildman–Crippen MR) is 138 cm³/mol. The fraction of sp³-hybridized carbons (Fsp3) is 0.538. The fourth-order valence-corrected chi connectivity index (χ4v) is 5.48. The highest BCUT2D eigenvalue weighted by Crippen LogP contribution is 2.41. The number of likely N-dealkylation sites (tertiary alicyclic amines) is 1. The van der Waals surface area contributed by atoms with Crippen molar-refractivity contribution in [1.29, 1.82) is 0 Å². The highest BCUT2D eigenvalue weighted by atomic mass is 19.4. The lowest BCUT2D eigenvalue weighted by molar-refractivity contribution is -0.137. The van der Waals surface area contributed by atoms with Crippen LogP contribution in [0, 0.1) is 12.7 Å². The molecule has 2 saturated heterocycles. The van der Waals surface area contributed by atoms with Crippen LogP contribution in [0.4, 0.5) is 29.2 Å². The summed E-state index contributed by atoms with van der Waals surface area (Å²) in [6, 6.07) is 1.11. The van der Waals surface area contributed by atoms with Gasteiger partial charge in [-0.15, -0.1) is 0 Å². The summed E-state index contributed by atoms with van der Waals surface area (Å²) in [5.41, 5.74) is 1.84. The second-order valence-electron chi connectivity index (χ2n) is 10.7. The molecule has 0 bridgehead atoms. The van der Waals surface area contributed by atoms with Gasteiger partial charge in [-0.2, -0.15) is 23.1 Å². The highest BCUT2D eigenvalue weighted by molar-refractivity contribution is 5.92. The van der Waals surface area contributed by atoms with Gasteiger partial charge in [0.05, 0.1) is 16.6 Å². The van der Waals surface area contributed by atoms with E-state index in [1.165, 1.54) is 13.1 Å². The molecule has 2 fully saturated rings. The van der Waals surface area contributed by atoms with Crippen LogP contribution in [0.2, 0.25) is 0 Å². The van der Waals surface area contributed by atoms with Crippen molar-refractivity contribution >= 4 is 22.5 Å². The van der Waals surface area contributed by atoms with Crippen molar-refractivity contribution in [2.75, 3.05) is 43.9 Å². The van der Waals surface area contributed by atoms with E-state index in [4.69, 9.17) is 10.5 Å². The summed E-state index contributed by atoms with van der Waals surface area (Å²) in [6.07, 6.45) is -0.384. The van der Waals surface area contributed by atoms with Gasteiger partial charge in [-0.1, -0.05) is 0 Å². The molecule has 0 aliphatic carbocycles. The Morgan fingerprint density at radius 2 is 1.95 bits per heavy atom. The van der Waals surface area contributed by atoms with Crippen molar-refractivity contribution in [3.8, 4) is 17.4 Å². The SMILES string of the molecule is Cc1cc(N)nc(-c2ncc3c(N4CCC[C@@](C)(O)C4)nc(OCC4CCCN4C)nc3c2F)c1C(F)(F)F. The largest absolute Gasteiger partial charge is 0.462 e. The Morgan fingerprint density at radius 3 is 2.62 bits per heavy atom. The minimum Gasteiger partial charge on any atom is -0.462 e. The monoisotopic (exact) mass is 549 g/mol.